The molecule has 0 spiro atoms. The molecular weight excluding hydrogens is 460 g/mol. The number of ether oxygens (including phenoxy) is 2. The van der Waals surface area contributed by atoms with E-state index in [-0.39, 0.29) is 25.1 Å². The molecule has 0 heterocycles. The number of carbonyl (C=O) groups excluding carboxylic acids is 2. The van der Waals surface area contributed by atoms with Gasteiger partial charge in [-0.2, -0.15) is 0 Å². The van der Waals surface area contributed by atoms with Gasteiger partial charge in [0, 0.05) is 0 Å². The molecular formula is C26H28N6O4. The topological polar surface area (TPSA) is 153 Å². The van der Waals surface area contributed by atoms with Crippen molar-refractivity contribution in [1.29, 1.82) is 0 Å². The van der Waals surface area contributed by atoms with Crippen molar-refractivity contribution in [2.75, 3.05) is 13.2 Å². The van der Waals surface area contributed by atoms with Crippen molar-refractivity contribution in [2.24, 2.45) is 21.5 Å². The fourth-order valence-electron chi connectivity index (χ4n) is 3.19. The summed E-state index contributed by atoms with van der Waals surface area (Å²) >= 11 is 0. The maximum Gasteiger partial charge on any atom is 0.413 e. The molecule has 0 aliphatic heterocycles. The van der Waals surface area contributed by atoms with Gasteiger partial charge in [0.2, 0.25) is 11.9 Å². The molecule has 0 unspecified atom stereocenters. The highest BCUT2D eigenvalue weighted by atomic mass is 16.6. The summed E-state index contributed by atoms with van der Waals surface area (Å²) in [5.74, 6) is -0.0829. The Bertz CT molecular complexity index is 1140. The van der Waals surface area contributed by atoms with Gasteiger partial charge < -0.3 is 20.9 Å². The van der Waals surface area contributed by atoms with Gasteiger partial charge in [0.25, 0.3) is 0 Å². The Morgan fingerprint density at radius 1 is 0.611 bits per heavy atom. The van der Waals surface area contributed by atoms with Crippen molar-refractivity contribution in [3.63, 3.8) is 0 Å². The summed E-state index contributed by atoms with van der Waals surface area (Å²) in [7, 11) is 0. The van der Waals surface area contributed by atoms with Crippen LogP contribution in [0.4, 0.5) is 21.0 Å². The monoisotopic (exact) mass is 488 g/mol. The summed E-state index contributed by atoms with van der Waals surface area (Å²) in [6.07, 6.45) is -1.29. The molecule has 0 fully saturated rings. The first-order valence-electron chi connectivity index (χ1n) is 11.2. The first-order chi connectivity index (χ1) is 17.4. The van der Waals surface area contributed by atoms with E-state index < -0.39 is 12.2 Å². The fourth-order valence-corrected chi connectivity index (χ4v) is 3.19. The molecule has 0 saturated heterocycles. The lowest BCUT2D eigenvalue weighted by Gasteiger charge is -2.07. The molecule has 186 valence electrons. The summed E-state index contributed by atoms with van der Waals surface area (Å²) in [6, 6.07) is 23.0. The van der Waals surface area contributed by atoms with Gasteiger partial charge >= 0.3 is 12.2 Å². The Balaban J connectivity index is 1.64. The molecule has 0 aliphatic rings. The zero-order chi connectivity index (χ0) is 25.9. The van der Waals surface area contributed by atoms with Gasteiger partial charge in [-0.3, -0.25) is 10.6 Å². The summed E-state index contributed by atoms with van der Waals surface area (Å²) in [4.78, 5) is 31.1. The van der Waals surface area contributed by atoms with Gasteiger partial charge in [-0.15, -0.1) is 0 Å². The number of guanidine groups is 2. The SMILES string of the molecule is CCOC(=O)NC(N)=Nc1ccc(-c2ccc(-c3ccc(N=C(N)NC(=O)OCC)cc3)cc2)cc1. The highest BCUT2D eigenvalue weighted by Gasteiger charge is 2.05. The van der Waals surface area contributed by atoms with E-state index in [9.17, 15) is 9.59 Å². The minimum Gasteiger partial charge on any atom is -0.450 e. The molecule has 0 bridgehead atoms. The number of benzene rings is 3. The molecule has 10 heteroatoms. The first-order valence-corrected chi connectivity index (χ1v) is 11.2. The number of rotatable bonds is 6. The van der Waals surface area contributed by atoms with E-state index in [2.05, 4.69) is 20.6 Å². The maximum absolute atomic E-state index is 11.4. The van der Waals surface area contributed by atoms with E-state index in [0.29, 0.717) is 11.4 Å². The van der Waals surface area contributed by atoms with E-state index in [4.69, 9.17) is 20.9 Å². The predicted molar refractivity (Wildman–Crippen MR) is 140 cm³/mol. The molecule has 3 rings (SSSR count). The van der Waals surface area contributed by atoms with Gasteiger partial charge in [0.05, 0.1) is 24.6 Å². The van der Waals surface area contributed by atoms with E-state index in [1.165, 1.54) is 0 Å². The first kappa shape index (κ1) is 25.8. The van der Waals surface area contributed by atoms with Gasteiger partial charge in [-0.1, -0.05) is 48.5 Å². The van der Waals surface area contributed by atoms with Crippen molar-refractivity contribution in [2.45, 2.75) is 13.8 Å². The highest BCUT2D eigenvalue weighted by molar-refractivity contribution is 5.94. The van der Waals surface area contributed by atoms with E-state index in [1.807, 2.05) is 72.8 Å². The van der Waals surface area contributed by atoms with Crippen LogP contribution in [0.5, 0.6) is 0 Å². The zero-order valence-electron chi connectivity index (χ0n) is 20.0. The van der Waals surface area contributed by atoms with Crippen molar-refractivity contribution in [1.82, 2.24) is 10.6 Å². The summed E-state index contributed by atoms with van der Waals surface area (Å²) in [5.41, 5.74) is 16.7. The van der Waals surface area contributed by atoms with Crippen molar-refractivity contribution in [3.8, 4) is 22.3 Å². The lowest BCUT2D eigenvalue weighted by molar-refractivity contribution is 0.156. The quantitative estimate of drug-likeness (QED) is 0.298. The number of alkyl carbamates (subject to hydrolysis) is 2. The number of nitrogens with two attached hydrogens (primary N) is 2. The lowest BCUT2D eigenvalue weighted by atomic mass is 10.00. The molecule has 3 aromatic rings. The molecule has 36 heavy (non-hydrogen) atoms. The summed E-state index contributed by atoms with van der Waals surface area (Å²) in [6.45, 7) is 3.90. The van der Waals surface area contributed by atoms with Crippen LogP contribution in [0.2, 0.25) is 0 Å². The average molecular weight is 489 g/mol. The van der Waals surface area contributed by atoms with Crippen LogP contribution < -0.4 is 22.1 Å². The number of nitrogens with one attached hydrogen (secondary N) is 2. The molecule has 3 aromatic carbocycles. The van der Waals surface area contributed by atoms with E-state index >= 15 is 0 Å². The van der Waals surface area contributed by atoms with Crippen LogP contribution in [0, 0.1) is 0 Å². The fraction of sp³-hybridized carbons (Fsp3) is 0.154. The Kier molecular flexibility index (Phi) is 8.99. The maximum atomic E-state index is 11.4. The van der Waals surface area contributed by atoms with Crippen LogP contribution >= 0.6 is 0 Å². The van der Waals surface area contributed by atoms with Gasteiger partial charge in [0.1, 0.15) is 0 Å². The Morgan fingerprint density at radius 2 is 0.889 bits per heavy atom. The minimum atomic E-state index is -0.645. The molecule has 0 aromatic heterocycles. The van der Waals surface area contributed by atoms with Crippen LogP contribution in [0.25, 0.3) is 22.3 Å². The third kappa shape index (κ3) is 7.59. The number of aliphatic imine (C=N–C) groups is 2. The molecule has 2 amide bonds. The Morgan fingerprint density at radius 3 is 1.17 bits per heavy atom. The largest absolute Gasteiger partial charge is 0.450 e. The van der Waals surface area contributed by atoms with Gasteiger partial charge in [-0.05, 0) is 60.4 Å². The van der Waals surface area contributed by atoms with Gasteiger partial charge in [-0.25, -0.2) is 19.6 Å². The number of nitrogens with zero attached hydrogens (tertiary/aromatic N) is 2. The van der Waals surface area contributed by atoms with Crippen LogP contribution in [-0.2, 0) is 9.47 Å². The predicted octanol–water partition coefficient (Wildman–Crippen LogP) is 4.41. The Hall–Kier alpha value is -4.86. The van der Waals surface area contributed by atoms with Crippen LogP contribution in [-0.4, -0.2) is 37.3 Å². The third-order valence-electron chi connectivity index (χ3n) is 4.80. The molecule has 0 atom stereocenters. The third-order valence-corrected chi connectivity index (χ3v) is 4.80. The highest BCUT2D eigenvalue weighted by Crippen LogP contribution is 2.27. The molecule has 0 aliphatic carbocycles. The van der Waals surface area contributed by atoms with Crippen LogP contribution in [0.1, 0.15) is 13.8 Å². The number of carbonyl (C=O) groups is 2. The molecule has 0 radical (unpaired) electrons. The molecule has 10 nitrogen and oxygen atoms in total. The second-order valence-electron chi connectivity index (χ2n) is 7.36. The molecule has 0 saturated carbocycles. The second-order valence-corrected chi connectivity index (χ2v) is 7.36. The summed E-state index contributed by atoms with van der Waals surface area (Å²) in [5, 5.41) is 4.71. The van der Waals surface area contributed by atoms with Crippen LogP contribution in [0.3, 0.4) is 0 Å². The van der Waals surface area contributed by atoms with E-state index in [1.54, 1.807) is 13.8 Å². The summed E-state index contributed by atoms with van der Waals surface area (Å²) < 4.78 is 9.54. The van der Waals surface area contributed by atoms with Crippen molar-refractivity contribution >= 4 is 35.5 Å². The minimum absolute atomic E-state index is 0.0415. The number of hydrogen-bond donors (Lipinski definition) is 4. The number of hydrogen-bond acceptors (Lipinski definition) is 6. The zero-order valence-corrected chi connectivity index (χ0v) is 20.0. The second kappa shape index (κ2) is 12.6. The normalized spacial score (nSPS) is 11.5. The lowest BCUT2D eigenvalue weighted by Crippen LogP contribution is -2.36. The number of amides is 2. The van der Waals surface area contributed by atoms with E-state index in [0.717, 1.165) is 22.3 Å². The van der Waals surface area contributed by atoms with Gasteiger partial charge in [0.15, 0.2) is 0 Å². The standard InChI is InChI=1S/C26H28N6O4/c1-3-35-25(33)31-23(27)29-21-13-9-19(10-14-21)17-5-7-18(8-6-17)20-11-15-22(16-12-20)30-24(28)32-26(34)36-4-2/h5-16H,3-4H2,1-2H3,(H3,27,29,31,33)(H3,28,30,32,34). The van der Waals surface area contributed by atoms with Crippen molar-refractivity contribution < 1.29 is 19.1 Å². The molecule has 6 N–H and O–H groups in total. The van der Waals surface area contributed by atoms with Crippen molar-refractivity contribution in [3.05, 3.63) is 72.8 Å². The Labute approximate surface area is 209 Å². The average Bonchev–Trinajstić information content (AvgIpc) is 2.85. The smallest absolute Gasteiger partial charge is 0.413 e. The van der Waals surface area contributed by atoms with Crippen LogP contribution in [0.15, 0.2) is 82.8 Å².